The maximum absolute atomic E-state index is 6.02. The first kappa shape index (κ1) is 13.4. The Bertz CT molecular complexity index is 476. The summed E-state index contributed by atoms with van der Waals surface area (Å²) in [4.78, 5) is 0. The van der Waals surface area contributed by atoms with Gasteiger partial charge in [0.15, 0.2) is 0 Å². The van der Waals surface area contributed by atoms with E-state index in [1.165, 1.54) is 57.8 Å². The van der Waals surface area contributed by atoms with Crippen LogP contribution in [0.1, 0.15) is 78.6 Å². The Morgan fingerprint density at radius 1 is 0.905 bits per heavy atom. The fourth-order valence-corrected chi connectivity index (χ4v) is 8.35. The van der Waals surface area contributed by atoms with Gasteiger partial charge in [0.1, 0.15) is 0 Å². The first-order chi connectivity index (χ1) is 9.90. The normalized spacial score (nSPS) is 60.4. The molecule has 4 saturated carbocycles. The third-order valence-corrected chi connectivity index (χ3v) is 9.11. The molecule has 5 rings (SSSR count). The van der Waals surface area contributed by atoms with Crippen molar-refractivity contribution < 1.29 is 4.74 Å². The SMILES string of the molecule is CC1(C)CCC[C@]2(C)[C@@H]1CCC13CC(CC[C@H]12)[C@@]1(CO1)C3. The number of hydrogen-bond donors (Lipinski definition) is 0. The zero-order valence-electron chi connectivity index (χ0n) is 14.2. The van der Waals surface area contributed by atoms with E-state index in [0.717, 1.165) is 24.4 Å². The van der Waals surface area contributed by atoms with Crippen LogP contribution in [0.25, 0.3) is 0 Å². The Balaban J connectivity index is 1.55. The molecule has 1 saturated heterocycles. The summed E-state index contributed by atoms with van der Waals surface area (Å²) in [6.45, 7) is 8.93. The van der Waals surface area contributed by atoms with Crippen molar-refractivity contribution in [3.63, 3.8) is 0 Å². The highest BCUT2D eigenvalue weighted by Gasteiger charge is 2.70. The van der Waals surface area contributed by atoms with Gasteiger partial charge in [-0.2, -0.15) is 0 Å². The Kier molecular flexibility index (Phi) is 2.37. The molecule has 4 aliphatic carbocycles. The van der Waals surface area contributed by atoms with Crippen LogP contribution in [0.5, 0.6) is 0 Å². The first-order valence-electron chi connectivity index (χ1n) is 9.54. The van der Waals surface area contributed by atoms with Gasteiger partial charge in [-0.05, 0) is 85.4 Å². The van der Waals surface area contributed by atoms with E-state index >= 15 is 0 Å². The van der Waals surface area contributed by atoms with Gasteiger partial charge < -0.3 is 4.74 Å². The van der Waals surface area contributed by atoms with Crippen LogP contribution >= 0.6 is 0 Å². The second kappa shape index (κ2) is 3.71. The summed E-state index contributed by atoms with van der Waals surface area (Å²) in [6, 6.07) is 0. The van der Waals surface area contributed by atoms with Crippen molar-refractivity contribution in [1.29, 1.82) is 0 Å². The second-order valence-corrected chi connectivity index (χ2v) is 10.4. The number of epoxide rings is 1. The standard InChI is InChI=1S/C20H32O/c1-17(2)8-4-9-18(3)15(17)7-10-19-11-14(5-6-16(18)19)20(12-19)13-21-20/h14-16H,4-13H2,1-3H3/t14?,15-,16+,18-,19?,20+/m1/s1. The molecule has 0 amide bonds. The maximum atomic E-state index is 6.02. The summed E-state index contributed by atoms with van der Waals surface area (Å²) in [5, 5.41) is 0. The highest BCUT2D eigenvalue weighted by atomic mass is 16.6. The molecule has 118 valence electrons. The van der Waals surface area contributed by atoms with E-state index in [1.54, 1.807) is 0 Å². The third kappa shape index (κ3) is 1.53. The predicted molar refractivity (Wildman–Crippen MR) is 85.0 cm³/mol. The number of hydrogen-bond acceptors (Lipinski definition) is 1. The molecule has 2 bridgehead atoms. The van der Waals surface area contributed by atoms with Crippen molar-refractivity contribution in [3.8, 4) is 0 Å². The van der Waals surface area contributed by atoms with Crippen LogP contribution < -0.4 is 0 Å². The van der Waals surface area contributed by atoms with Crippen molar-refractivity contribution in [2.45, 2.75) is 84.2 Å². The summed E-state index contributed by atoms with van der Waals surface area (Å²) in [5.41, 5.74) is 2.27. The molecule has 21 heavy (non-hydrogen) atoms. The van der Waals surface area contributed by atoms with Crippen molar-refractivity contribution in [3.05, 3.63) is 0 Å². The van der Waals surface area contributed by atoms with Gasteiger partial charge in [-0.3, -0.25) is 0 Å². The topological polar surface area (TPSA) is 12.5 Å². The van der Waals surface area contributed by atoms with E-state index in [1.807, 2.05) is 0 Å². The first-order valence-corrected chi connectivity index (χ1v) is 9.54. The van der Waals surface area contributed by atoms with Crippen LogP contribution in [-0.4, -0.2) is 12.2 Å². The van der Waals surface area contributed by atoms with Crippen LogP contribution in [0.2, 0.25) is 0 Å². The average Bonchev–Trinajstić information content (AvgIpc) is 3.13. The van der Waals surface area contributed by atoms with Crippen molar-refractivity contribution in [2.24, 2.45) is 34.0 Å². The van der Waals surface area contributed by atoms with Gasteiger partial charge in [-0.15, -0.1) is 0 Å². The van der Waals surface area contributed by atoms with Crippen LogP contribution in [-0.2, 0) is 4.74 Å². The highest BCUT2D eigenvalue weighted by Crippen LogP contribution is 2.74. The minimum absolute atomic E-state index is 0.377. The minimum atomic E-state index is 0.377. The molecule has 5 aliphatic rings. The molecule has 1 nitrogen and oxygen atoms in total. The van der Waals surface area contributed by atoms with Crippen LogP contribution in [0.15, 0.2) is 0 Å². The molecule has 0 aromatic heterocycles. The lowest BCUT2D eigenvalue weighted by atomic mass is 9.41. The van der Waals surface area contributed by atoms with Crippen LogP contribution in [0.4, 0.5) is 0 Å². The lowest BCUT2D eigenvalue weighted by Gasteiger charge is -2.64. The van der Waals surface area contributed by atoms with E-state index < -0.39 is 0 Å². The lowest BCUT2D eigenvalue weighted by molar-refractivity contribution is -0.144. The Morgan fingerprint density at radius 3 is 2.48 bits per heavy atom. The lowest BCUT2D eigenvalue weighted by Crippen LogP contribution is -2.55. The number of ether oxygens (including phenoxy) is 1. The van der Waals surface area contributed by atoms with Gasteiger partial charge in [0, 0.05) is 0 Å². The third-order valence-electron chi connectivity index (χ3n) is 9.11. The molecule has 1 heteroatoms. The van der Waals surface area contributed by atoms with E-state index in [2.05, 4.69) is 20.8 Å². The fourth-order valence-electron chi connectivity index (χ4n) is 8.35. The Labute approximate surface area is 130 Å². The molecule has 0 aromatic rings. The summed E-state index contributed by atoms with van der Waals surface area (Å²) >= 11 is 0. The Hall–Kier alpha value is -0.0400. The molecule has 1 heterocycles. The van der Waals surface area contributed by atoms with Crippen molar-refractivity contribution in [1.82, 2.24) is 0 Å². The van der Waals surface area contributed by atoms with E-state index in [-0.39, 0.29) is 0 Å². The summed E-state index contributed by atoms with van der Waals surface area (Å²) in [6.07, 6.45) is 13.4. The maximum Gasteiger partial charge on any atom is 0.0950 e. The molecule has 2 unspecified atom stereocenters. The van der Waals surface area contributed by atoms with Gasteiger partial charge >= 0.3 is 0 Å². The number of fused-ring (bicyclic) bond motifs is 4. The zero-order chi connectivity index (χ0) is 14.5. The Morgan fingerprint density at radius 2 is 1.71 bits per heavy atom. The van der Waals surface area contributed by atoms with Gasteiger partial charge in [0.2, 0.25) is 0 Å². The molecule has 5 fully saturated rings. The minimum Gasteiger partial charge on any atom is -0.369 e. The van der Waals surface area contributed by atoms with Gasteiger partial charge in [0.25, 0.3) is 0 Å². The van der Waals surface area contributed by atoms with E-state index in [4.69, 9.17) is 4.74 Å². The van der Waals surface area contributed by atoms with E-state index in [9.17, 15) is 0 Å². The molecule has 0 N–H and O–H groups in total. The second-order valence-electron chi connectivity index (χ2n) is 10.4. The summed E-state index contributed by atoms with van der Waals surface area (Å²) < 4.78 is 6.02. The largest absolute Gasteiger partial charge is 0.369 e. The smallest absolute Gasteiger partial charge is 0.0950 e. The summed E-state index contributed by atoms with van der Waals surface area (Å²) in [5.74, 6) is 2.90. The molecule has 1 aliphatic heterocycles. The molecule has 0 radical (unpaired) electrons. The van der Waals surface area contributed by atoms with Crippen molar-refractivity contribution in [2.75, 3.05) is 6.61 Å². The number of rotatable bonds is 0. The highest BCUT2D eigenvalue weighted by molar-refractivity contribution is 5.19. The van der Waals surface area contributed by atoms with Crippen LogP contribution in [0, 0.1) is 34.0 Å². The monoisotopic (exact) mass is 288 g/mol. The average molecular weight is 288 g/mol. The van der Waals surface area contributed by atoms with Crippen molar-refractivity contribution >= 4 is 0 Å². The molecule has 2 spiro atoms. The summed E-state index contributed by atoms with van der Waals surface area (Å²) in [7, 11) is 0. The van der Waals surface area contributed by atoms with Gasteiger partial charge in [-0.25, -0.2) is 0 Å². The molecule has 6 atom stereocenters. The van der Waals surface area contributed by atoms with Gasteiger partial charge in [-0.1, -0.05) is 27.2 Å². The molecule has 0 aromatic carbocycles. The fraction of sp³-hybridized carbons (Fsp3) is 1.00. The van der Waals surface area contributed by atoms with Gasteiger partial charge in [0.05, 0.1) is 12.2 Å². The zero-order valence-corrected chi connectivity index (χ0v) is 14.2. The molecular formula is C20H32O. The van der Waals surface area contributed by atoms with E-state index in [0.29, 0.717) is 21.8 Å². The predicted octanol–water partition coefficient (Wildman–Crippen LogP) is 5.19. The van der Waals surface area contributed by atoms with Crippen LogP contribution in [0.3, 0.4) is 0 Å². The molecular weight excluding hydrogens is 256 g/mol. The quantitative estimate of drug-likeness (QED) is 0.559.